The number of nitrogens with zero attached hydrogens (tertiary/aromatic N) is 2. The first-order chi connectivity index (χ1) is 8.74. The number of hydrogen-bond acceptors (Lipinski definition) is 2. The number of nitrogens with one attached hydrogen (secondary N) is 1. The lowest BCUT2D eigenvalue weighted by Gasteiger charge is -2.22. The van der Waals surface area contributed by atoms with Crippen molar-refractivity contribution in [2.75, 3.05) is 13.1 Å². The van der Waals surface area contributed by atoms with Gasteiger partial charge in [0.25, 0.3) is 0 Å². The van der Waals surface area contributed by atoms with Gasteiger partial charge in [0.1, 0.15) is 0 Å². The normalized spacial score (nSPS) is 13.3. The molecule has 0 saturated carbocycles. The van der Waals surface area contributed by atoms with Crippen LogP contribution in [0.3, 0.4) is 0 Å². The van der Waals surface area contributed by atoms with Crippen LogP contribution in [0.1, 0.15) is 33.2 Å². The number of hydrogen-bond donors (Lipinski definition) is 1. The van der Waals surface area contributed by atoms with Crippen molar-refractivity contribution in [1.29, 1.82) is 0 Å². The minimum absolute atomic E-state index is 0.413. The van der Waals surface area contributed by atoms with Crippen LogP contribution in [0.5, 0.6) is 0 Å². The zero-order chi connectivity index (χ0) is 13.0. The highest BCUT2D eigenvalue weighted by molar-refractivity contribution is 5.78. The summed E-state index contributed by atoms with van der Waals surface area (Å²) in [6.07, 6.45) is 3.13. The summed E-state index contributed by atoms with van der Waals surface area (Å²) in [6, 6.07) is 8.83. The molecule has 0 aliphatic rings. The largest absolute Gasteiger partial charge is 0.315 e. The summed E-state index contributed by atoms with van der Waals surface area (Å²) in [7, 11) is 0. The molecule has 1 atom stereocenters. The van der Waals surface area contributed by atoms with Gasteiger partial charge in [-0.2, -0.15) is 5.10 Å². The molecule has 2 aromatic rings. The Balaban J connectivity index is 2.24. The van der Waals surface area contributed by atoms with Crippen molar-refractivity contribution in [3.05, 3.63) is 30.5 Å². The van der Waals surface area contributed by atoms with Gasteiger partial charge in [-0.05, 0) is 24.9 Å². The molecule has 2 rings (SSSR count). The number of rotatable bonds is 6. The predicted octanol–water partition coefficient (Wildman–Crippen LogP) is 3.23. The van der Waals surface area contributed by atoms with Crippen LogP contribution in [0.4, 0.5) is 0 Å². The van der Waals surface area contributed by atoms with Crippen LogP contribution in [0.15, 0.2) is 30.5 Å². The summed E-state index contributed by atoms with van der Waals surface area (Å²) in [5.74, 6) is 0.567. The van der Waals surface area contributed by atoms with E-state index in [4.69, 9.17) is 0 Å². The van der Waals surface area contributed by atoms with Gasteiger partial charge in [0.05, 0.1) is 17.8 Å². The van der Waals surface area contributed by atoms with E-state index in [-0.39, 0.29) is 0 Å². The molecule has 98 valence electrons. The highest BCUT2D eigenvalue weighted by atomic mass is 15.3. The summed E-state index contributed by atoms with van der Waals surface area (Å²) in [5, 5.41) is 9.30. The number of para-hydroxylation sites is 1. The number of benzene rings is 1. The third-order valence-corrected chi connectivity index (χ3v) is 3.37. The molecule has 3 heteroatoms. The fourth-order valence-corrected chi connectivity index (χ4v) is 2.29. The quantitative estimate of drug-likeness (QED) is 0.792. The zero-order valence-corrected chi connectivity index (χ0v) is 11.6. The molecule has 1 N–H and O–H groups in total. The highest BCUT2D eigenvalue weighted by Crippen LogP contribution is 2.22. The van der Waals surface area contributed by atoms with Crippen LogP contribution in [0, 0.1) is 5.92 Å². The molecule has 0 aliphatic heterocycles. The van der Waals surface area contributed by atoms with Gasteiger partial charge in [0.2, 0.25) is 0 Å². The van der Waals surface area contributed by atoms with Crippen LogP contribution in [0.2, 0.25) is 0 Å². The van der Waals surface area contributed by atoms with Gasteiger partial charge in [-0.25, -0.2) is 0 Å². The first-order valence-electron chi connectivity index (χ1n) is 6.87. The minimum atomic E-state index is 0.413. The van der Waals surface area contributed by atoms with Gasteiger partial charge < -0.3 is 5.32 Å². The standard InChI is InChI=1S/C15H23N3/c1-4-9-16-11-15(12(2)3)18-14-8-6-5-7-13(14)10-17-18/h5-8,10,12,15-16H,4,9,11H2,1-3H3. The molecule has 1 unspecified atom stereocenters. The Labute approximate surface area is 109 Å². The van der Waals surface area contributed by atoms with Gasteiger partial charge in [-0.15, -0.1) is 0 Å². The van der Waals surface area contributed by atoms with Crippen molar-refractivity contribution in [3.8, 4) is 0 Å². The van der Waals surface area contributed by atoms with E-state index < -0.39 is 0 Å². The second-order valence-corrected chi connectivity index (χ2v) is 5.16. The van der Waals surface area contributed by atoms with Crippen molar-refractivity contribution in [2.45, 2.75) is 33.2 Å². The molecule has 0 fully saturated rings. The predicted molar refractivity (Wildman–Crippen MR) is 76.8 cm³/mol. The van der Waals surface area contributed by atoms with Gasteiger partial charge in [-0.1, -0.05) is 39.0 Å². The Morgan fingerprint density at radius 2 is 2.06 bits per heavy atom. The summed E-state index contributed by atoms with van der Waals surface area (Å²) < 4.78 is 2.17. The average Bonchev–Trinajstić information content (AvgIpc) is 2.78. The minimum Gasteiger partial charge on any atom is -0.315 e. The SMILES string of the molecule is CCCNCC(C(C)C)n1ncc2ccccc21. The fraction of sp³-hybridized carbons (Fsp3) is 0.533. The molecule has 0 amide bonds. The third-order valence-electron chi connectivity index (χ3n) is 3.37. The first-order valence-corrected chi connectivity index (χ1v) is 6.87. The van der Waals surface area contributed by atoms with E-state index in [1.54, 1.807) is 0 Å². The number of fused-ring (bicyclic) bond motifs is 1. The van der Waals surface area contributed by atoms with E-state index in [0.29, 0.717) is 12.0 Å². The molecule has 1 aromatic heterocycles. The molecular formula is C15H23N3. The summed E-state index contributed by atoms with van der Waals surface area (Å²) in [6.45, 7) is 8.77. The second kappa shape index (κ2) is 6.01. The molecule has 18 heavy (non-hydrogen) atoms. The summed E-state index contributed by atoms with van der Waals surface area (Å²) >= 11 is 0. The molecule has 3 nitrogen and oxygen atoms in total. The monoisotopic (exact) mass is 245 g/mol. The molecule has 0 aliphatic carbocycles. The van der Waals surface area contributed by atoms with Crippen LogP contribution < -0.4 is 5.32 Å². The molecule has 0 radical (unpaired) electrons. The third kappa shape index (κ3) is 2.72. The molecule has 1 heterocycles. The highest BCUT2D eigenvalue weighted by Gasteiger charge is 2.17. The molecule has 1 aromatic carbocycles. The lowest BCUT2D eigenvalue weighted by molar-refractivity contribution is 0.339. The van der Waals surface area contributed by atoms with Gasteiger partial charge in [-0.3, -0.25) is 4.68 Å². The Kier molecular flexibility index (Phi) is 4.37. The lowest BCUT2D eigenvalue weighted by atomic mass is 10.0. The average molecular weight is 245 g/mol. The topological polar surface area (TPSA) is 29.9 Å². The second-order valence-electron chi connectivity index (χ2n) is 5.16. The fourth-order valence-electron chi connectivity index (χ4n) is 2.29. The Hall–Kier alpha value is -1.35. The Morgan fingerprint density at radius 3 is 2.78 bits per heavy atom. The molecule has 0 spiro atoms. The molecule has 0 saturated heterocycles. The lowest BCUT2D eigenvalue weighted by Crippen LogP contribution is -2.29. The van der Waals surface area contributed by atoms with Gasteiger partial charge in [0, 0.05) is 11.9 Å². The maximum absolute atomic E-state index is 4.57. The van der Waals surface area contributed by atoms with E-state index in [1.807, 2.05) is 6.20 Å². The van der Waals surface area contributed by atoms with Crippen molar-refractivity contribution in [3.63, 3.8) is 0 Å². The molecular weight excluding hydrogens is 222 g/mol. The van der Waals surface area contributed by atoms with Gasteiger partial charge >= 0.3 is 0 Å². The van der Waals surface area contributed by atoms with Crippen molar-refractivity contribution >= 4 is 10.9 Å². The van der Waals surface area contributed by atoms with Crippen molar-refractivity contribution in [1.82, 2.24) is 15.1 Å². The van der Waals surface area contributed by atoms with Gasteiger partial charge in [0.15, 0.2) is 0 Å². The van der Waals surface area contributed by atoms with Crippen LogP contribution >= 0.6 is 0 Å². The maximum atomic E-state index is 4.57. The van der Waals surface area contributed by atoms with E-state index in [9.17, 15) is 0 Å². The summed E-state index contributed by atoms with van der Waals surface area (Å²) in [5.41, 5.74) is 1.23. The van der Waals surface area contributed by atoms with Crippen LogP contribution in [0.25, 0.3) is 10.9 Å². The first kappa shape index (κ1) is 13.1. The van der Waals surface area contributed by atoms with Crippen LogP contribution in [-0.2, 0) is 0 Å². The zero-order valence-electron chi connectivity index (χ0n) is 11.6. The summed E-state index contributed by atoms with van der Waals surface area (Å²) in [4.78, 5) is 0. The molecule has 0 bridgehead atoms. The van der Waals surface area contributed by atoms with E-state index in [2.05, 4.69) is 60.1 Å². The van der Waals surface area contributed by atoms with E-state index in [0.717, 1.165) is 13.1 Å². The van der Waals surface area contributed by atoms with Crippen LogP contribution in [-0.4, -0.2) is 22.9 Å². The van der Waals surface area contributed by atoms with Crippen molar-refractivity contribution < 1.29 is 0 Å². The van der Waals surface area contributed by atoms with E-state index in [1.165, 1.54) is 17.3 Å². The Morgan fingerprint density at radius 1 is 1.28 bits per heavy atom. The smallest absolute Gasteiger partial charge is 0.0686 e. The van der Waals surface area contributed by atoms with Crippen molar-refractivity contribution in [2.24, 2.45) is 5.92 Å². The Bertz CT molecular complexity index is 487. The number of aromatic nitrogens is 2. The maximum Gasteiger partial charge on any atom is 0.0686 e. The van der Waals surface area contributed by atoms with E-state index >= 15 is 0 Å².